The highest BCUT2D eigenvalue weighted by Crippen LogP contribution is 2.07. The molecule has 1 unspecified atom stereocenters. The Morgan fingerprint density at radius 3 is 2.25 bits per heavy atom. The Morgan fingerprint density at radius 2 is 1.62 bits per heavy atom. The largest absolute Gasteiger partial charge is 0.314 e. The van der Waals surface area contributed by atoms with Gasteiger partial charge in [-0.3, -0.25) is 14.9 Å². The molecule has 126 valence electrons. The molecular formula is C20H24N2O2. The molecule has 0 fully saturated rings. The molecule has 0 spiro atoms. The molecule has 24 heavy (non-hydrogen) atoms. The Balaban J connectivity index is 1.78. The van der Waals surface area contributed by atoms with Gasteiger partial charge in [-0.05, 0) is 49.6 Å². The number of hydrogen-bond donors (Lipinski definition) is 2. The Morgan fingerprint density at radius 1 is 0.958 bits per heavy atom. The zero-order chi connectivity index (χ0) is 17.4. The lowest BCUT2D eigenvalue weighted by Crippen LogP contribution is -2.30. The molecule has 0 aromatic heterocycles. The first-order valence-corrected chi connectivity index (χ1v) is 8.23. The summed E-state index contributed by atoms with van der Waals surface area (Å²) in [4.78, 5) is 22.6. The molecule has 2 N–H and O–H groups in total. The van der Waals surface area contributed by atoms with Gasteiger partial charge in [-0.15, -0.1) is 0 Å². The number of nitrogens with one attached hydrogen (secondary N) is 2. The quantitative estimate of drug-likeness (QED) is 0.823. The van der Waals surface area contributed by atoms with E-state index >= 15 is 0 Å². The topological polar surface area (TPSA) is 58.2 Å². The summed E-state index contributed by atoms with van der Waals surface area (Å²) in [5.41, 5.74) is 2.99. The smallest absolute Gasteiger partial charge is 0.257 e. The molecule has 0 saturated carbocycles. The molecule has 0 heterocycles. The lowest BCUT2D eigenvalue weighted by molar-refractivity contribution is -0.118. The molecule has 0 aliphatic carbocycles. The second kappa shape index (κ2) is 8.99. The van der Waals surface area contributed by atoms with Crippen molar-refractivity contribution in [1.82, 2.24) is 10.6 Å². The summed E-state index contributed by atoms with van der Waals surface area (Å²) in [6, 6.07) is 18.1. The summed E-state index contributed by atoms with van der Waals surface area (Å²) in [5, 5.41) is 5.79. The van der Waals surface area contributed by atoms with Crippen molar-refractivity contribution < 1.29 is 9.59 Å². The van der Waals surface area contributed by atoms with Crippen LogP contribution in [0.25, 0.3) is 0 Å². The van der Waals surface area contributed by atoms with Crippen LogP contribution in [0.1, 0.15) is 35.3 Å². The van der Waals surface area contributed by atoms with Crippen molar-refractivity contribution in [3.63, 3.8) is 0 Å². The van der Waals surface area contributed by atoms with E-state index in [0.717, 1.165) is 24.9 Å². The number of amides is 2. The third-order valence-electron chi connectivity index (χ3n) is 3.80. The van der Waals surface area contributed by atoms with Crippen molar-refractivity contribution in [3.8, 4) is 0 Å². The first kappa shape index (κ1) is 17.9. The highest BCUT2D eigenvalue weighted by Gasteiger charge is 2.08. The number of carbonyl (C=O) groups excluding carboxylic acids is 2. The van der Waals surface area contributed by atoms with E-state index in [9.17, 15) is 9.59 Å². The summed E-state index contributed by atoms with van der Waals surface area (Å²) < 4.78 is 0. The van der Waals surface area contributed by atoms with Gasteiger partial charge >= 0.3 is 0 Å². The molecule has 0 radical (unpaired) electrons. The van der Waals surface area contributed by atoms with Gasteiger partial charge in [-0.2, -0.15) is 0 Å². The van der Waals surface area contributed by atoms with Gasteiger partial charge in [-0.1, -0.05) is 42.5 Å². The maximum absolute atomic E-state index is 11.7. The minimum absolute atomic E-state index is 0.347. The lowest BCUT2D eigenvalue weighted by Gasteiger charge is -2.14. The first-order chi connectivity index (χ1) is 11.5. The molecule has 0 bridgehead atoms. The standard InChI is InChI=1S/C20H24N2O2/c1-15(21-13-12-17-6-4-3-5-7-17)14-18-8-10-19(11-9-18)20(24)22-16(2)23/h3-11,15,21H,12-14H2,1-2H3,(H,22,23,24). The zero-order valence-electron chi connectivity index (χ0n) is 14.2. The number of carbonyl (C=O) groups is 2. The number of imide groups is 1. The highest BCUT2D eigenvalue weighted by atomic mass is 16.2. The first-order valence-electron chi connectivity index (χ1n) is 8.23. The second-order valence-electron chi connectivity index (χ2n) is 6.00. The second-order valence-corrected chi connectivity index (χ2v) is 6.00. The van der Waals surface area contributed by atoms with Crippen LogP contribution in [-0.2, 0) is 17.6 Å². The molecule has 2 aromatic carbocycles. The van der Waals surface area contributed by atoms with E-state index in [2.05, 4.69) is 41.8 Å². The molecule has 0 saturated heterocycles. The van der Waals surface area contributed by atoms with Crippen LogP contribution in [0, 0.1) is 0 Å². The molecule has 1 atom stereocenters. The Kier molecular flexibility index (Phi) is 6.70. The van der Waals surface area contributed by atoms with Gasteiger partial charge in [0.1, 0.15) is 0 Å². The predicted octanol–water partition coefficient (Wildman–Crippen LogP) is 2.73. The minimum Gasteiger partial charge on any atom is -0.314 e. The van der Waals surface area contributed by atoms with Crippen molar-refractivity contribution in [1.29, 1.82) is 0 Å². The SMILES string of the molecule is CC(=O)NC(=O)c1ccc(CC(C)NCCc2ccccc2)cc1. The van der Waals surface area contributed by atoms with Gasteiger partial charge < -0.3 is 5.32 Å². The van der Waals surface area contributed by atoms with E-state index in [-0.39, 0.29) is 11.8 Å². The van der Waals surface area contributed by atoms with Crippen molar-refractivity contribution >= 4 is 11.8 Å². The molecule has 2 amide bonds. The van der Waals surface area contributed by atoms with Crippen molar-refractivity contribution in [2.75, 3.05) is 6.54 Å². The van der Waals surface area contributed by atoms with Crippen LogP contribution < -0.4 is 10.6 Å². The van der Waals surface area contributed by atoms with E-state index in [1.807, 2.05) is 18.2 Å². The van der Waals surface area contributed by atoms with Crippen LogP contribution in [-0.4, -0.2) is 24.4 Å². The Labute approximate surface area is 143 Å². The fraction of sp³-hybridized carbons (Fsp3) is 0.300. The highest BCUT2D eigenvalue weighted by molar-refractivity contribution is 6.04. The molecule has 2 rings (SSSR count). The van der Waals surface area contributed by atoms with E-state index < -0.39 is 0 Å². The van der Waals surface area contributed by atoms with Gasteiger partial charge in [0, 0.05) is 18.5 Å². The van der Waals surface area contributed by atoms with Crippen LogP contribution >= 0.6 is 0 Å². The third kappa shape index (κ3) is 5.97. The van der Waals surface area contributed by atoms with Gasteiger partial charge in [0.25, 0.3) is 5.91 Å². The van der Waals surface area contributed by atoms with Gasteiger partial charge in [0.05, 0.1) is 0 Å². The molecule has 0 aliphatic heterocycles. The molecular weight excluding hydrogens is 300 g/mol. The summed E-state index contributed by atoms with van der Waals surface area (Å²) in [6.07, 6.45) is 1.90. The number of hydrogen-bond acceptors (Lipinski definition) is 3. The van der Waals surface area contributed by atoms with Crippen LogP contribution in [0.3, 0.4) is 0 Å². The summed E-state index contributed by atoms with van der Waals surface area (Å²) in [5.74, 6) is -0.705. The number of benzene rings is 2. The summed E-state index contributed by atoms with van der Waals surface area (Å²) in [7, 11) is 0. The molecule has 0 aliphatic rings. The summed E-state index contributed by atoms with van der Waals surface area (Å²) in [6.45, 7) is 4.42. The lowest BCUT2D eigenvalue weighted by atomic mass is 10.0. The zero-order valence-corrected chi connectivity index (χ0v) is 14.2. The van der Waals surface area contributed by atoms with Gasteiger partial charge in [-0.25, -0.2) is 0 Å². The molecule has 4 nitrogen and oxygen atoms in total. The van der Waals surface area contributed by atoms with Crippen molar-refractivity contribution in [3.05, 3.63) is 71.3 Å². The van der Waals surface area contributed by atoms with Crippen LogP contribution in [0.5, 0.6) is 0 Å². The predicted molar refractivity (Wildman–Crippen MR) is 95.9 cm³/mol. The maximum Gasteiger partial charge on any atom is 0.257 e. The monoisotopic (exact) mass is 324 g/mol. The summed E-state index contributed by atoms with van der Waals surface area (Å²) >= 11 is 0. The van der Waals surface area contributed by atoms with Gasteiger partial charge in [0.2, 0.25) is 5.91 Å². The van der Waals surface area contributed by atoms with Crippen LogP contribution in [0.4, 0.5) is 0 Å². The van der Waals surface area contributed by atoms with Crippen molar-refractivity contribution in [2.24, 2.45) is 0 Å². The molecule has 4 heteroatoms. The normalized spacial score (nSPS) is 11.8. The Hall–Kier alpha value is -2.46. The average Bonchev–Trinajstić information content (AvgIpc) is 2.56. The fourth-order valence-corrected chi connectivity index (χ4v) is 2.56. The third-order valence-corrected chi connectivity index (χ3v) is 3.80. The van der Waals surface area contributed by atoms with Gasteiger partial charge in [0.15, 0.2) is 0 Å². The maximum atomic E-state index is 11.7. The van der Waals surface area contributed by atoms with Crippen molar-refractivity contribution in [2.45, 2.75) is 32.7 Å². The average molecular weight is 324 g/mol. The fourth-order valence-electron chi connectivity index (χ4n) is 2.56. The number of rotatable bonds is 7. The minimum atomic E-state index is -0.358. The Bertz CT molecular complexity index is 666. The van der Waals surface area contributed by atoms with E-state index in [1.165, 1.54) is 12.5 Å². The van der Waals surface area contributed by atoms with Crippen LogP contribution in [0.15, 0.2) is 54.6 Å². The van der Waals surface area contributed by atoms with E-state index in [0.29, 0.717) is 11.6 Å². The van der Waals surface area contributed by atoms with E-state index in [1.54, 1.807) is 12.1 Å². The van der Waals surface area contributed by atoms with E-state index in [4.69, 9.17) is 0 Å². The van der Waals surface area contributed by atoms with Crippen LogP contribution in [0.2, 0.25) is 0 Å². The molecule has 2 aromatic rings.